The maximum absolute atomic E-state index is 11.2. The van der Waals surface area contributed by atoms with Gasteiger partial charge in [-0.25, -0.2) is 0 Å². The molecule has 0 bridgehead atoms. The van der Waals surface area contributed by atoms with Crippen LogP contribution in [0.4, 0.5) is 0 Å². The minimum Gasteiger partial charge on any atom is -0.295 e. The Morgan fingerprint density at radius 3 is 2.93 bits per heavy atom. The number of hydrogen-bond acceptors (Lipinski definition) is 1. The summed E-state index contributed by atoms with van der Waals surface area (Å²) < 4.78 is 0. The minimum absolute atomic E-state index is 0.338. The standard InChI is InChI=1S/C13H18O/c1-9(2)10-3-4-12-8-13(14)6-5-11(12)7-10/h8,10-11H,1,3-7H2,2H3/t10-,11?/m1/s1. The zero-order valence-corrected chi connectivity index (χ0v) is 8.88. The Hall–Kier alpha value is -0.850. The van der Waals surface area contributed by atoms with Crippen molar-refractivity contribution in [3.8, 4) is 0 Å². The second kappa shape index (κ2) is 3.72. The molecule has 1 heteroatoms. The van der Waals surface area contributed by atoms with Crippen LogP contribution in [0.1, 0.15) is 39.0 Å². The van der Waals surface area contributed by atoms with Crippen LogP contribution in [0.3, 0.4) is 0 Å². The van der Waals surface area contributed by atoms with Gasteiger partial charge in [-0.1, -0.05) is 17.7 Å². The molecule has 2 aliphatic carbocycles. The molecule has 2 aliphatic rings. The van der Waals surface area contributed by atoms with Crippen molar-refractivity contribution in [2.24, 2.45) is 11.8 Å². The highest BCUT2D eigenvalue weighted by molar-refractivity contribution is 5.91. The SMILES string of the molecule is C=C(C)[C@@H]1CCC2=CC(=O)CCC2C1. The summed E-state index contributed by atoms with van der Waals surface area (Å²) in [6.45, 7) is 6.18. The van der Waals surface area contributed by atoms with Gasteiger partial charge in [-0.2, -0.15) is 0 Å². The lowest BCUT2D eigenvalue weighted by atomic mass is 9.71. The molecule has 0 aromatic heterocycles. The molecular formula is C13H18O. The van der Waals surface area contributed by atoms with Gasteiger partial charge in [-0.3, -0.25) is 4.79 Å². The number of allylic oxidation sites excluding steroid dienone is 3. The van der Waals surface area contributed by atoms with Gasteiger partial charge in [0.05, 0.1) is 0 Å². The van der Waals surface area contributed by atoms with Crippen LogP contribution in [-0.4, -0.2) is 5.78 Å². The topological polar surface area (TPSA) is 17.1 Å². The first-order chi connectivity index (χ1) is 6.66. The van der Waals surface area contributed by atoms with Crippen molar-refractivity contribution in [1.82, 2.24) is 0 Å². The third kappa shape index (κ3) is 1.82. The van der Waals surface area contributed by atoms with Crippen molar-refractivity contribution in [2.45, 2.75) is 39.0 Å². The van der Waals surface area contributed by atoms with E-state index in [0.29, 0.717) is 17.6 Å². The van der Waals surface area contributed by atoms with E-state index in [1.165, 1.54) is 24.0 Å². The maximum Gasteiger partial charge on any atom is 0.155 e. The van der Waals surface area contributed by atoms with E-state index in [-0.39, 0.29) is 0 Å². The van der Waals surface area contributed by atoms with E-state index in [1.54, 1.807) is 0 Å². The van der Waals surface area contributed by atoms with Gasteiger partial charge >= 0.3 is 0 Å². The molecule has 0 amide bonds. The van der Waals surface area contributed by atoms with E-state index in [9.17, 15) is 4.79 Å². The van der Waals surface area contributed by atoms with Crippen molar-refractivity contribution in [2.75, 3.05) is 0 Å². The largest absolute Gasteiger partial charge is 0.295 e. The zero-order chi connectivity index (χ0) is 10.1. The Bertz CT molecular complexity index is 298. The predicted molar refractivity (Wildman–Crippen MR) is 58.0 cm³/mol. The average Bonchev–Trinajstić information content (AvgIpc) is 2.16. The fourth-order valence-corrected chi connectivity index (χ4v) is 2.69. The van der Waals surface area contributed by atoms with Gasteiger partial charge in [0.15, 0.2) is 5.78 Å². The molecule has 2 atom stereocenters. The van der Waals surface area contributed by atoms with Crippen LogP contribution in [0.15, 0.2) is 23.8 Å². The van der Waals surface area contributed by atoms with Crippen molar-refractivity contribution < 1.29 is 4.79 Å². The molecule has 1 fully saturated rings. The molecule has 76 valence electrons. The van der Waals surface area contributed by atoms with Crippen molar-refractivity contribution in [3.63, 3.8) is 0 Å². The molecule has 2 rings (SSSR count). The number of hydrogen-bond donors (Lipinski definition) is 0. The zero-order valence-electron chi connectivity index (χ0n) is 8.88. The Balaban J connectivity index is 2.09. The number of ketones is 1. The highest BCUT2D eigenvalue weighted by atomic mass is 16.1. The van der Waals surface area contributed by atoms with Crippen molar-refractivity contribution >= 4 is 5.78 Å². The summed E-state index contributed by atoms with van der Waals surface area (Å²) in [6.07, 6.45) is 7.29. The van der Waals surface area contributed by atoms with Gasteiger partial charge < -0.3 is 0 Å². The van der Waals surface area contributed by atoms with Gasteiger partial charge in [0.1, 0.15) is 0 Å². The summed E-state index contributed by atoms with van der Waals surface area (Å²) in [7, 11) is 0. The molecule has 0 spiro atoms. The highest BCUT2D eigenvalue weighted by Crippen LogP contribution is 2.40. The smallest absolute Gasteiger partial charge is 0.155 e. The molecule has 1 saturated carbocycles. The summed E-state index contributed by atoms with van der Waals surface area (Å²) in [5.41, 5.74) is 2.74. The first kappa shape index (κ1) is 9.70. The summed E-state index contributed by atoms with van der Waals surface area (Å²) in [6, 6.07) is 0. The molecule has 0 aromatic rings. The lowest BCUT2D eigenvalue weighted by molar-refractivity contribution is -0.115. The Morgan fingerprint density at radius 1 is 1.43 bits per heavy atom. The number of carbonyl (C=O) groups excluding carboxylic acids is 1. The molecule has 1 unspecified atom stereocenters. The van der Waals surface area contributed by atoms with E-state index < -0.39 is 0 Å². The summed E-state index contributed by atoms with van der Waals surface area (Å²) in [5.74, 6) is 1.72. The van der Waals surface area contributed by atoms with E-state index in [4.69, 9.17) is 0 Å². The van der Waals surface area contributed by atoms with Crippen LogP contribution in [-0.2, 0) is 4.79 Å². The summed E-state index contributed by atoms with van der Waals surface area (Å²) in [4.78, 5) is 11.2. The third-order valence-corrected chi connectivity index (χ3v) is 3.66. The second-order valence-electron chi connectivity index (χ2n) is 4.74. The summed E-state index contributed by atoms with van der Waals surface area (Å²) >= 11 is 0. The molecule has 0 aromatic carbocycles. The molecular weight excluding hydrogens is 172 g/mol. The van der Waals surface area contributed by atoms with Crippen molar-refractivity contribution in [3.05, 3.63) is 23.8 Å². The van der Waals surface area contributed by atoms with Gasteiger partial charge in [0, 0.05) is 6.42 Å². The van der Waals surface area contributed by atoms with E-state index in [2.05, 4.69) is 13.5 Å². The quantitative estimate of drug-likeness (QED) is 0.580. The molecule has 0 saturated heterocycles. The first-order valence-corrected chi connectivity index (χ1v) is 5.55. The second-order valence-corrected chi connectivity index (χ2v) is 4.74. The minimum atomic E-state index is 0.338. The average molecular weight is 190 g/mol. The van der Waals surface area contributed by atoms with Crippen LogP contribution in [0.25, 0.3) is 0 Å². The molecule has 0 radical (unpaired) electrons. The van der Waals surface area contributed by atoms with E-state index >= 15 is 0 Å². The molecule has 0 N–H and O–H groups in total. The van der Waals surface area contributed by atoms with Crippen LogP contribution >= 0.6 is 0 Å². The van der Waals surface area contributed by atoms with Crippen LogP contribution in [0.2, 0.25) is 0 Å². The van der Waals surface area contributed by atoms with Gasteiger partial charge in [0.25, 0.3) is 0 Å². The maximum atomic E-state index is 11.2. The van der Waals surface area contributed by atoms with Crippen LogP contribution in [0, 0.1) is 11.8 Å². The van der Waals surface area contributed by atoms with E-state index in [1.807, 2.05) is 6.08 Å². The normalized spacial score (nSPS) is 32.1. The Labute approximate surface area is 85.9 Å². The fraction of sp³-hybridized carbons (Fsp3) is 0.615. The molecule has 0 aliphatic heterocycles. The van der Waals surface area contributed by atoms with Crippen molar-refractivity contribution in [1.29, 1.82) is 0 Å². The van der Waals surface area contributed by atoms with Crippen LogP contribution < -0.4 is 0 Å². The monoisotopic (exact) mass is 190 g/mol. The van der Waals surface area contributed by atoms with Gasteiger partial charge in [0.2, 0.25) is 0 Å². The lowest BCUT2D eigenvalue weighted by Crippen LogP contribution is -2.23. The van der Waals surface area contributed by atoms with Crippen LogP contribution in [0.5, 0.6) is 0 Å². The predicted octanol–water partition coefficient (Wildman–Crippen LogP) is 3.27. The first-order valence-electron chi connectivity index (χ1n) is 5.55. The number of rotatable bonds is 1. The lowest BCUT2D eigenvalue weighted by Gasteiger charge is -2.33. The fourth-order valence-electron chi connectivity index (χ4n) is 2.69. The number of fused-ring (bicyclic) bond motifs is 1. The molecule has 14 heavy (non-hydrogen) atoms. The van der Waals surface area contributed by atoms with Gasteiger partial charge in [-0.15, -0.1) is 0 Å². The Kier molecular flexibility index (Phi) is 2.58. The number of carbonyl (C=O) groups is 1. The molecule has 0 heterocycles. The highest BCUT2D eigenvalue weighted by Gasteiger charge is 2.29. The summed E-state index contributed by atoms with van der Waals surface area (Å²) in [5, 5.41) is 0. The molecule has 1 nitrogen and oxygen atoms in total. The Morgan fingerprint density at radius 2 is 2.21 bits per heavy atom. The third-order valence-electron chi connectivity index (χ3n) is 3.66. The van der Waals surface area contributed by atoms with Gasteiger partial charge in [-0.05, 0) is 50.5 Å². The van der Waals surface area contributed by atoms with E-state index in [0.717, 1.165) is 19.3 Å².